The quantitative estimate of drug-likeness (QED) is 0.552. The smallest absolute Gasteiger partial charge is 0.311 e. The first kappa shape index (κ1) is 13.7. The normalized spacial score (nSPS) is 18.2. The van der Waals surface area contributed by atoms with Crippen LogP contribution in [-0.4, -0.2) is 16.7 Å². The van der Waals surface area contributed by atoms with Crippen LogP contribution in [0.15, 0.2) is 11.2 Å². The molecule has 0 aliphatic carbocycles. The first-order valence-corrected chi connectivity index (χ1v) is 10.6. The van der Waals surface area contributed by atoms with Crippen molar-refractivity contribution < 1.29 is 4.12 Å². The van der Waals surface area contributed by atoms with Gasteiger partial charge in [0.25, 0.3) is 0 Å². The Kier molecular flexibility index (Phi) is 5.25. The van der Waals surface area contributed by atoms with Crippen molar-refractivity contribution in [1.82, 2.24) is 0 Å². The summed E-state index contributed by atoms with van der Waals surface area (Å²) in [6.07, 6.45) is 0. The van der Waals surface area contributed by atoms with E-state index in [0.717, 1.165) is 0 Å². The van der Waals surface area contributed by atoms with E-state index in [-0.39, 0.29) is 5.04 Å². The molecule has 0 amide bonds. The maximum atomic E-state index is 6.49. The second-order valence-electron chi connectivity index (χ2n) is 4.35. The highest BCUT2D eigenvalue weighted by Crippen LogP contribution is 2.41. The van der Waals surface area contributed by atoms with Crippen LogP contribution in [-0.2, 0) is 4.12 Å². The lowest BCUT2D eigenvalue weighted by molar-refractivity contribution is 0.532. The number of hydrogen-bond acceptors (Lipinski definition) is 1. The van der Waals surface area contributed by atoms with Crippen LogP contribution >= 0.6 is 22.7 Å². The maximum absolute atomic E-state index is 6.49. The molecule has 0 radical (unpaired) electrons. The summed E-state index contributed by atoms with van der Waals surface area (Å²) in [7, 11) is -3.40. The Morgan fingerprint density at radius 2 is 1.77 bits per heavy atom. The third-order valence-corrected chi connectivity index (χ3v) is 10.8. The van der Waals surface area contributed by atoms with E-state index in [1.807, 2.05) is 5.70 Å². The number of halogens is 2. The van der Waals surface area contributed by atoms with Crippen molar-refractivity contribution in [2.45, 2.75) is 38.9 Å². The molecular formula is C8H18Cl2OSi2. The van der Waals surface area contributed by atoms with Crippen molar-refractivity contribution in [2.75, 3.05) is 0 Å². The molecule has 0 aliphatic rings. The van der Waals surface area contributed by atoms with Crippen molar-refractivity contribution in [2.24, 2.45) is 0 Å². The van der Waals surface area contributed by atoms with Gasteiger partial charge in [0.1, 0.15) is 0 Å². The summed E-state index contributed by atoms with van der Waals surface area (Å²) in [6, 6.07) is 0. The van der Waals surface area contributed by atoms with E-state index >= 15 is 0 Å². The van der Waals surface area contributed by atoms with E-state index in [4.69, 9.17) is 26.8 Å². The minimum absolute atomic E-state index is 0.0167. The molecule has 0 aromatic carbocycles. The summed E-state index contributed by atoms with van der Waals surface area (Å²) in [5, 5.41) is -0.0167. The summed E-state index contributed by atoms with van der Waals surface area (Å²) in [5.74, 6) is 0. The van der Waals surface area contributed by atoms with Crippen molar-refractivity contribution in [3.63, 3.8) is 0 Å². The standard InChI is InChI=1S/C8H18Cl2OSi2/c1-8(2,3)13(10,7-6-9)11-12(4)5/h6-7,12H,1-5H3. The van der Waals surface area contributed by atoms with Crippen LogP contribution in [0, 0.1) is 0 Å². The second kappa shape index (κ2) is 4.98. The number of hydrogen-bond donors (Lipinski definition) is 0. The van der Waals surface area contributed by atoms with Gasteiger partial charge < -0.3 is 4.12 Å². The first-order valence-electron chi connectivity index (χ1n) is 4.37. The van der Waals surface area contributed by atoms with E-state index in [1.54, 1.807) is 0 Å². The van der Waals surface area contributed by atoms with Gasteiger partial charge in [-0.15, -0.1) is 11.1 Å². The highest BCUT2D eigenvalue weighted by atomic mass is 35.6. The van der Waals surface area contributed by atoms with E-state index < -0.39 is 16.7 Å². The summed E-state index contributed by atoms with van der Waals surface area (Å²) >= 11 is 12.1. The van der Waals surface area contributed by atoms with Gasteiger partial charge >= 0.3 is 7.63 Å². The van der Waals surface area contributed by atoms with E-state index in [1.165, 1.54) is 5.54 Å². The summed E-state index contributed by atoms with van der Waals surface area (Å²) in [4.78, 5) is 0. The van der Waals surface area contributed by atoms with E-state index in [2.05, 4.69) is 33.9 Å². The van der Waals surface area contributed by atoms with Gasteiger partial charge in [0, 0.05) is 0 Å². The topological polar surface area (TPSA) is 9.23 Å². The zero-order valence-electron chi connectivity index (χ0n) is 8.90. The number of rotatable bonds is 3. The minimum atomic E-state index is -2.29. The Hall–Kier alpha value is 0.714. The predicted molar refractivity (Wildman–Crippen MR) is 66.3 cm³/mol. The van der Waals surface area contributed by atoms with Crippen molar-refractivity contribution in [3.05, 3.63) is 11.2 Å². The molecule has 0 aliphatic heterocycles. The summed E-state index contributed by atoms with van der Waals surface area (Å²) in [6.45, 7) is 10.5. The monoisotopic (exact) mass is 256 g/mol. The largest absolute Gasteiger partial charge is 0.444 e. The van der Waals surface area contributed by atoms with Crippen LogP contribution < -0.4 is 0 Å². The summed E-state index contributed by atoms with van der Waals surface area (Å²) < 4.78 is 5.91. The predicted octanol–water partition coefficient (Wildman–Crippen LogP) is 3.76. The lowest BCUT2D eigenvalue weighted by Gasteiger charge is -2.35. The van der Waals surface area contributed by atoms with Gasteiger partial charge in [-0.25, -0.2) is 0 Å². The highest BCUT2D eigenvalue weighted by molar-refractivity contribution is 7.22. The van der Waals surface area contributed by atoms with Crippen LogP contribution in [0.2, 0.25) is 18.1 Å². The molecule has 1 atom stereocenters. The third kappa shape index (κ3) is 4.17. The lowest BCUT2D eigenvalue weighted by atomic mass is 10.3. The van der Waals surface area contributed by atoms with E-state index in [9.17, 15) is 0 Å². The van der Waals surface area contributed by atoms with Gasteiger partial charge in [-0.05, 0) is 29.4 Å². The molecule has 13 heavy (non-hydrogen) atoms. The second-order valence-corrected chi connectivity index (χ2v) is 12.5. The molecule has 78 valence electrons. The zero-order valence-corrected chi connectivity index (χ0v) is 12.6. The van der Waals surface area contributed by atoms with Crippen molar-refractivity contribution >= 4 is 39.3 Å². The van der Waals surface area contributed by atoms with Crippen LogP contribution in [0.25, 0.3) is 0 Å². The molecule has 0 heterocycles. The molecule has 0 saturated heterocycles. The van der Waals surface area contributed by atoms with Gasteiger partial charge in [0.15, 0.2) is 9.04 Å². The van der Waals surface area contributed by atoms with Crippen molar-refractivity contribution in [1.29, 1.82) is 0 Å². The van der Waals surface area contributed by atoms with E-state index in [0.29, 0.717) is 0 Å². The molecular weight excluding hydrogens is 239 g/mol. The minimum Gasteiger partial charge on any atom is -0.444 e. The maximum Gasteiger partial charge on any atom is 0.311 e. The van der Waals surface area contributed by atoms with Crippen LogP contribution in [0.4, 0.5) is 0 Å². The van der Waals surface area contributed by atoms with Gasteiger partial charge in [0.05, 0.1) is 0 Å². The van der Waals surface area contributed by atoms with Crippen LogP contribution in [0.1, 0.15) is 20.8 Å². The van der Waals surface area contributed by atoms with Gasteiger partial charge in [-0.3, -0.25) is 0 Å². The first-order chi connectivity index (χ1) is 5.73. The zero-order chi connectivity index (χ0) is 10.7. The Morgan fingerprint density at radius 1 is 1.31 bits per heavy atom. The Bertz CT molecular complexity index is 189. The fraction of sp³-hybridized carbons (Fsp3) is 0.750. The van der Waals surface area contributed by atoms with Gasteiger partial charge in [0.2, 0.25) is 0 Å². The average molecular weight is 257 g/mol. The highest BCUT2D eigenvalue weighted by Gasteiger charge is 2.43. The molecule has 0 aromatic rings. The Morgan fingerprint density at radius 3 is 2.00 bits per heavy atom. The molecule has 0 fully saturated rings. The van der Waals surface area contributed by atoms with Gasteiger partial charge in [-0.2, -0.15) is 0 Å². The van der Waals surface area contributed by atoms with Gasteiger partial charge in [-0.1, -0.05) is 32.4 Å². The molecule has 0 spiro atoms. The molecule has 5 heteroatoms. The van der Waals surface area contributed by atoms with Crippen LogP contribution in [0.5, 0.6) is 0 Å². The van der Waals surface area contributed by atoms with Crippen molar-refractivity contribution in [3.8, 4) is 0 Å². The molecule has 0 rings (SSSR count). The fourth-order valence-electron chi connectivity index (χ4n) is 0.890. The SMILES string of the molecule is C[SiH](C)O[Si](Cl)(C=CCl)C(C)(C)C. The molecule has 0 saturated carbocycles. The average Bonchev–Trinajstić information content (AvgIpc) is 1.82. The molecule has 1 unspecified atom stereocenters. The lowest BCUT2D eigenvalue weighted by Crippen LogP contribution is -2.43. The molecule has 0 aromatic heterocycles. The summed E-state index contributed by atoms with van der Waals surface area (Å²) in [5.41, 5.74) is 3.34. The fourth-order valence-corrected chi connectivity index (χ4v) is 8.54. The molecule has 1 nitrogen and oxygen atoms in total. The Labute approximate surface area is 93.6 Å². The van der Waals surface area contributed by atoms with Crippen LogP contribution in [0.3, 0.4) is 0 Å². The molecule has 0 bridgehead atoms. The molecule has 0 N–H and O–H groups in total. The Balaban J connectivity index is 4.73. The third-order valence-electron chi connectivity index (χ3n) is 1.71.